The molecular formula is C32H56N4O6. The van der Waals surface area contributed by atoms with Crippen molar-refractivity contribution in [2.24, 2.45) is 0 Å². The first-order valence-electron chi connectivity index (χ1n) is 16.2. The van der Waals surface area contributed by atoms with Crippen LogP contribution < -0.4 is 16.0 Å². The first-order valence-corrected chi connectivity index (χ1v) is 16.2. The Hall–Kier alpha value is -2.91. The summed E-state index contributed by atoms with van der Waals surface area (Å²) in [6.07, 6.45) is 21.4. The van der Waals surface area contributed by atoms with Gasteiger partial charge in [0.1, 0.15) is 24.2 Å². The smallest absolute Gasteiger partial charge is 0.325 e. The molecule has 1 aliphatic rings. The van der Waals surface area contributed by atoms with Crippen molar-refractivity contribution in [3.8, 4) is 0 Å². The topological polar surface area (TPSA) is 145 Å². The lowest BCUT2D eigenvalue weighted by atomic mass is 10.1. The number of rotatable bonds is 22. The second-order valence-corrected chi connectivity index (χ2v) is 11.6. The number of amides is 4. The van der Waals surface area contributed by atoms with E-state index in [2.05, 4.69) is 35.0 Å². The maximum atomic E-state index is 13.0. The van der Waals surface area contributed by atoms with Gasteiger partial charge in [-0.3, -0.25) is 24.0 Å². The summed E-state index contributed by atoms with van der Waals surface area (Å²) in [4.78, 5) is 62.8. The monoisotopic (exact) mass is 592 g/mol. The fraction of sp³-hybridized carbons (Fsp3) is 0.781. The van der Waals surface area contributed by atoms with E-state index in [4.69, 9.17) is 5.11 Å². The molecule has 0 aromatic carbocycles. The highest BCUT2D eigenvalue weighted by Gasteiger charge is 2.37. The zero-order chi connectivity index (χ0) is 31.3. The van der Waals surface area contributed by atoms with E-state index in [1.165, 1.54) is 63.7 Å². The first kappa shape index (κ1) is 37.1. The Morgan fingerprint density at radius 3 is 1.93 bits per heavy atom. The number of carbonyl (C=O) groups is 5. The molecule has 42 heavy (non-hydrogen) atoms. The second-order valence-electron chi connectivity index (χ2n) is 11.6. The molecule has 240 valence electrons. The third-order valence-electron chi connectivity index (χ3n) is 7.73. The van der Waals surface area contributed by atoms with E-state index >= 15 is 0 Å². The van der Waals surface area contributed by atoms with E-state index in [1.54, 1.807) is 6.92 Å². The molecule has 0 saturated carbocycles. The van der Waals surface area contributed by atoms with Crippen molar-refractivity contribution in [1.82, 2.24) is 20.9 Å². The predicted molar refractivity (Wildman–Crippen MR) is 165 cm³/mol. The van der Waals surface area contributed by atoms with Gasteiger partial charge in [0.15, 0.2) is 0 Å². The number of carboxylic acids is 1. The molecule has 4 atom stereocenters. The molecule has 1 aliphatic heterocycles. The van der Waals surface area contributed by atoms with Crippen molar-refractivity contribution < 1.29 is 29.1 Å². The van der Waals surface area contributed by atoms with Crippen LogP contribution in [0.25, 0.3) is 0 Å². The predicted octanol–water partition coefficient (Wildman–Crippen LogP) is 4.61. The van der Waals surface area contributed by atoms with Gasteiger partial charge in [0, 0.05) is 13.0 Å². The van der Waals surface area contributed by atoms with Crippen molar-refractivity contribution in [3.63, 3.8) is 0 Å². The summed E-state index contributed by atoms with van der Waals surface area (Å²) < 4.78 is 0. The van der Waals surface area contributed by atoms with Gasteiger partial charge in [-0.15, -0.1) is 0 Å². The zero-order valence-electron chi connectivity index (χ0n) is 26.4. The summed E-state index contributed by atoms with van der Waals surface area (Å²) in [5, 5.41) is 16.8. The van der Waals surface area contributed by atoms with E-state index in [9.17, 15) is 24.0 Å². The van der Waals surface area contributed by atoms with Gasteiger partial charge in [-0.1, -0.05) is 70.4 Å². The van der Waals surface area contributed by atoms with Crippen molar-refractivity contribution in [1.29, 1.82) is 0 Å². The van der Waals surface area contributed by atoms with Gasteiger partial charge >= 0.3 is 5.97 Å². The molecule has 0 spiro atoms. The van der Waals surface area contributed by atoms with Crippen molar-refractivity contribution >= 4 is 29.6 Å². The zero-order valence-corrected chi connectivity index (χ0v) is 26.4. The minimum Gasteiger partial charge on any atom is -0.480 e. The van der Waals surface area contributed by atoms with Gasteiger partial charge in [0.25, 0.3) is 0 Å². The molecule has 1 heterocycles. The molecule has 0 radical (unpaired) electrons. The van der Waals surface area contributed by atoms with Gasteiger partial charge in [-0.2, -0.15) is 0 Å². The summed E-state index contributed by atoms with van der Waals surface area (Å²) >= 11 is 0. The minimum atomic E-state index is -1.16. The Balaban J connectivity index is 2.21. The molecule has 1 rings (SSSR count). The quantitative estimate of drug-likeness (QED) is 0.107. The van der Waals surface area contributed by atoms with Gasteiger partial charge < -0.3 is 26.0 Å². The number of likely N-dealkylation sites (tertiary alicyclic amines) is 1. The Morgan fingerprint density at radius 2 is 1.33 bits per heavy atom. The Morgan fingerprint density at radius 1 is 0.762 bits per heavy atom. The molecule has 10 nitrogen and oxygen atoms in total. The molecule has 10 heteroatoms. The minimum absolute atomic E-state index is 0.196. The maximum absolute atomic E-state index is 13.0. The van der Waals surface area contributed by atoms with E-state index < -0.39 is 47.9 Å². The SMILES string of the molecule is CCCCCCCCC=CCCCCCCCC(=O)N[C@@H](C)C(=O)N[C@@H](C)C(=O)N1CCC[C@H]1C(=O)N[C@@H](C)C(=O)O. The molecule has 0 aromatic rings. The molecular weight excluding hydrogens is 536 g/mol. The Kier molecular flexibility index (Phi) is 19.2. The first-order chi connectivity index (χ1) is 20.1. The van der Waals surface area contributed by atoms with Crippen LogP contribution in [0.3, 0.4) is 0 Å². The fourth-order valence-electron chi connectivity index (χ4n) is 5.06. The fourth-order valence-corrected chi connectivity index (χ4v) is 5.06. The van der Waals surface area contributed by atoms with Gasteiger partial charge in [0.05, 0.1) is 0 Å². The summed E-state index contributed by atoms with van der Waals surface area (Å²) in [6, 6.07) is -3.54. The van der Waals surface area contributed by atoms with Crippen LogP contribution in [0.15, 0.2) is 12.2 Å². The van der Waals surface area contributed by atoms with Crippen LogP contribution in [-0.4, -0.2) is 70.3 Å². The largest absolute Gasteiger partial charge is 0.480 e. The average molecular weight is 593 g/mol. The maximum Gasteiger partial charge on any atom is 0.325 e. The van der Waals surface area contributed by atoms with Gasteiger partial charge in [-0.25, -0.2) is 0 Å². The van der Waals surface area contributed by atoms with Crippen LogP contribution in [0.4, 0.5) is 0 Å². The lowest BCUT2D eigenvalue weighted by Gasteiger charge is -2.28. The summed E-state index contributed by atoms with van der Waals surface area (Å²) in [7, 11) is 0. The molecule has 0 aromatic heterocycles. The Labute approximate surface area is 252 Å². The number of hydrogen-bond donors (Lipinski definition) is 4. The lowest BCUT2D eigenvalue weighted by Crippen LogP contribution is -2.56. The molecule has 0 bridgehead atoms. The number of unbranched alkanes of at least 4 members (excludes halogenated alkanes) is 11. The van der Waals surface area contributed by atoms with E-state index in [-0.39, 0.29) is 5.91 Å². The standard InChI is InChI=1S/C32H56N4O6/c1-5-6-7-8-9-10-11-12-13-14-15-16-17-18-19-22-28(37)33-24(2)29(38)34-25(3)31(40)36-23-20-21-27(36)30(39)35-26(4)32(41)42/h12-13,24-27H,5-11,14-23H2,1-4H3,(H,33,37)(H,34,38)(H,35,39)(H,41,42)/t24-,25-,26-,27-/m0/s1. The Bertz CT molecular complexity index is 877. The highest BCUT2D eigenvalue weighted by Crippen LogP contribution is 2.19. The summed E-state index contributed by atoms with van der Waals surface area (Å²) in [6.45, 7) is 7.06. The molecule has 0 aliphatic carbocycles. The molecule has 4 amide bonds. The molecule has 1 fully saturated rings. The van der Waals surface area contributed by atoms with Crippen molar-refractivity contribution in [3.05, 3.63) is 12.2 Å². The number of carbonyl (C=O) groups excluding carboxylic acids is 4. The van der Waals surface area contributed by atoms with Crippen LogP contribution in [0, 0.1) is 0 Å². The number of allylic oxidation sites excluding steroid dienone is 2. The lowest BCUT2D eigenvalue weighted by molar-refractivity contribution is -0.144. The van der Waals surface area contributed by atoms with Crippen molar-refractivity contribution in [2.75, 3.05) is 6.54 Å². The number of aliphatic carboxylic acids is 1. The molecule has 1 saturated heterocycles. The van der Waals surface area contributed by atoms with E-state index in [0.29, 0.717) is 25.8 Å². The van der Waals surface area contributed by atoms with E-state index in [0.717, 1.165) is 38.5 Å². The number of nitrogens with zero attached hydrogens (tertiary/aromatic N) is 1. The van der Waals surface area contributed by atoms with Crippen LogP contribution in [0.2, 0.25) is 0 Å². The number of nitrogens with one attached hydrogen (secondary N) is 3. The highest BCUT2D eigenvalue weighted by molar-refractivity contribution is 5.95. The third kappa shape index (κ3) is 15.4. The number of hydrogen-bond acceptors (Lipinski definition) is 5. The third-order valence-corrected chi connectivity index (χ3v) is 7.73. The molecule has 0 unspecified atom stereocenters. The van der Waals surface area contributed by atoms with Crippen molar-refractivity contribution in [2.45, 2.75) is 155 Å². The average Bonchev–Trinajstić information content (AvgIpc) is 3.44. The van der Waals surface area contributed by atoms with Crippen LogP contribution in [0.1, 0.15) is 130 Å². The number of carboxylic acid groups (broad SMARTS) is 1. The van der Waals surface area contributed by atoms with Crippen LogP contribution in [-0.2, 0) is 24.0 Å². The van der Waals surface area contributed by atoms with Crippen LogP contribution in [0.5, 0.6) is 0 Å². The normalized spacial score (nSPS) is 17.0. The van der Waals surface area contributed by atoms with Crippen LogP contribution >= 0.6 is 0 Å². The summed E-state index contributed by atoms with van der Waals surface area (Å²) in [5.74, 6) is -2.78. The van der Waals surface area contributed by atoms with Gasteiger partial charge in [0.2, 0.25) is 23.6 Å². The molecule has 4 N–H and O–H groups in total. The van der Waals surface area contributed by atoms with E-state index in [1.807, 2.05) is 0 Å². The second kappa shape index (κ2) is 21.7. The summed E-state index contributed by atoms with van der Waals surface area (Å²) in [5.41, 5.74) is 0. The van der Waals surface area contributed by atoms with Gasteiger partial charge in [-0.05, 0) is 65.7 Å². The highest BCUT2D eigenvalue weighted by atomic mass is 16.4.